The Labute approximate surface area is 123 Å². The molecule has 3 rings (SSSR count). The molecule has 0 amide bonds. The van der Waals surface area contributed by atoms with Gasteiger partial charge in [-0.15, -0.1) is 0 Å². The summed E-state index contributed by atoms with van der Waals surface area (Å²) in [6.45, 7) is 5.36. The molecule has 3 aromatic rings. The maximum absolute atomic E-state index is 13.8. The van der Waals surface area contributed by atoms with E-state index in [1.165, 1.54) is 6.07 Å². The van der Waals surface area contributed by atoms with Gasteiger partial charge in [-0.3, -0.25) is 0 Å². The summed E-state index contributed by atoms with van der Waals surface area (Å²) in [5, 5.41) is 4.22. The number of furan rings is 1. The number of hydrogen-bond acceptors (Lipinski definition) is 2. The number of nitrogens with one attached hydrogen (secondary N) is 1. The van der Waals surface area contributed by atoms with Crippen molar-refractivity contribution in [3.05, 3.63) is 59.4 Å². The molecular weight excluding hydrogens is 265 g/mol. The molecule has 1 heterocycles. The lowest BCUT2D eigenvalue weighted by Gasteiger charge is -2.06. The van der Waals surface area contributed by atoms with Crippen LogP contribution in [0, 0.1) is 12.7 Å². The van der Waals surface area contributed by atoms with Crippen LogP contribution in [0.15, 0.2) is 46.9 Å². The van der Waals surface area contributed by atoms with E-state index in [4.69, 9.17) is 4.42 Å². The van der Waals surface area contributed by atoms with E-state index < -0.39 is 0 Å². The van der Waals surface area contributed by atoms with E-state index in [9.17, 15) is 4.39 Å². The maximum atomic E-state index is 13.8. The van der Waals surface area contributed by atoms with E-state index in [2.05, 4.69) is 5.32 Å². The minimum absolute atomic E-state index is 0.188. The molecule has 0 bridgehead atoms. The molecule has 0 atom stereocenters. The third-order valence-electron chi connectivity index (χ3n) is 3.64. The van der Waals surface area contributed by atoms with E-state index in [1.54, 1.807) is 6.07 Å². The first kappa shape index (κ1) is 13.8. The number of benzene rings is 2. The Morgan fingerprint density at radius 1 is 1.14 bits per heavy atom. The van der Waals surface area contributed by atoms with E-state index >= 15 is 0 Å². The summed E-state index contributed by atoms with van der Waals surface area (Å²) in [6, 6.07) is 13.2. The first-order valence-corrected chi connectivity index (χ1v) is 7.17. The largest absolute Gasteiger partial charge is 0.456 e. The Bertz CT molecular complexity index is 776. The van der Waals surface area contributed by atoms with Crippen LogP contribution in [0.4, 0.5) is 4.39 Å². The van der Waals surface area contributed by atoms with Crippen molar-refractivity contribution in [2.45, 2.75) is 20.4 Å². The van der Waals surface area contributed by atoms with E-state index in [0.717, 1.165) is 34.4 Å². The van der Waals surface area contributed by atoms with Crippen LogP contribution in [0.2, 0.25) is 0 Å². The molecule has 21 heavy (non-hydrogen) atoms. The molecule has 0 spiro atoms. The van der Waals surface area contributed by atoms with Gasteiger partial charge in [-0.1, -0.05) is 25.1 Å². The van der Waals surface area contributed by atoms with Gasteiger partial charge in [0.15, 0.2) is 0 Å². The average Bonchev–Trinajstić information content (AvgIpc) is 2.92. The summed E-state index contributed by atoms with van der Waals surface area (Å²) in [4.78, 5) is 0. The van der Waals surface area contributed by atoms with Gasteiger partial charge in [-0.25, -0.2) is 4.39 Å². The topological polar surface area (TPSA) is 25.2 Å². The van der Waals surface area contributed by atoms with Gasteiger partial charge in [0.2, 0.25) is 0 Å². The molecule has 0 saturated heterocycles. The fourth-order valence-corrected chi connectivity index (χ4v) is 2.47. The Balaban J connectivity index is 2.03. The summed E-state index contributed by atoms with van der Waals surface area (Å²) < 4.78 is 19.7. The van der Waals surface area contributed by atoms with Gasteiger partial charge in [0.1, 0.15) is 17.2 Å². The standard InChI is InChI=1S/C18H18FNO/c1-3-20-11-15-9-13(7-8-16(15)19)17-10-14-6-4-5-12(2)18(14)21-17/h4-10,20H,3,11H2,1-2H3. The molecule has 0 saturated carbocycles. The lowest BCUT2D eigenvalue weighted by molar-refractivity contribution is 0.592. The minimum Gasteiger partial charge on any atom is -0.456 e. The molecule has 0 aliphatic heterocycles. The summed E-state index contributed by atoms with van der Waals surface area (Å²) in [5.74, 6) is 0.587. The second kappa shape index (κ2) is 5.70. The molecule has 3 heteroatoms. The molecule has 2 aromatic carbocycles. The van der Waals surface area contributed by atoms with Crippen LogP contribution < -0.4 is 5.32 Å². The zero-order valence-corrected chi connectivity index (χ0v) is 12.2. The van der Waals surface area contributed by atoms with Crippen LogP contribution in [0.5, 0.6) is 0 Å². The maximum Gasteiger partial charge on any atom is 0.137 e. The van der Waals surface area contributed by atoms with Gasteiger partial charge in [-0.2, -0.15) is 0 Å². The number of rotatable bonds is 4. The normalized spacial score (nSPS) is 11.2. The van der Waals surface area contributed by atoms with Crippen LogP contribution in [0.25, 0.3) is 22.3 Å². The average molecular weight is 283 g/mol. The SMILES string of the molecule is CCNCc1cc(-c2cc3cccc(C)c3o2)ccc1F. The third kappa shape index (κ3) is 2.69. The molecule has 1 aromatic heterocycles. The second-order valence-corrected chi connectivity index (χ2v) is 5.19. The minimum atomic E-state index is -0.188. The van der Waals surface area contributed by atoms with Crippen molar-refractivity contribution in [1.29, 1.82) is 0 Å². The third-order valence-corrected chi connectivity index (χ3v) is 3.64. The molecule has 0 fully saturated rings. The number of halogens is 1. The van der Waals surface area contributed by atoms with Crippen LogP contribution >= 0.6 is 0 Å². The number of fused-ring (bicyclic) bond motifs is 1. The molecule has 1 N–H and O–H groups in total. The van der Waals surface area contributed by atoms with E-state index in [0.29, 0.717) is 12.1 Å². The van der Waals surface area contributed by atoms with Gasteiger partial charge >= 0.3 is 0 Å². The quantitative estimate of drug-likeness (QED) is 0.753. The van der Waals surface area contributed by atoms with Crippen molar-refractivity contribution in [3.8, 4) is 11.3 Å². The van der Waals surface area contributed by atoms with Crippen molar-refractivity contribution in [3.63, 3.8) is 0 Å². The number of aryl methyl sites for hydroxylation is 1. The van der Waals surface area contributed by atoms with Crippen LogP contribution in [-0.4, -0.2) is 6.54 Å². The van der Waals surface area contributed by atoms with Crippen molar-refractivity contribution in [1.82, 2.24) is 5.32 Å². The van der Waals surface area contributed by atoms with Crippen molar-refractivity contribution in [2.24, 2.45) is 0 Å². The van der Waals surface area contributed by atoms with Crippen LogP contribution in [0.1, 0.15) is 18.1 Å². The van der Waals surface area contributed by atoms with Gasteiger partial charge < -0.3 is 9.73 Å². The molecular formula is C18H18FNO. The lowest BCUT2D eigenvalue weighted by atomic mass is 10.1. The van der Waals surface area contributed by atoms with Crippen molar-refractivity contribution in [2.75, 3.05) is 6.54 Å². The van der Waals surface area contributed by atoms with Crippen LogP contribution in [0.3, 0.4) is 0 Å². The highest BCUT2D eigenvalue weighted by molar-refractivity contribution is 5.85. The predicted octanol–water partition coefficient (Wildman–Crippen LogP) is 4.66. The Hall–Kier alpha value is -2.13. The smallest absolute Gasteiger partial charge is 0.137 e. The van der Waals surface area contributed by atoms with Crippen LogP contribution in [-0.2, 0) is 6.54 Å². The summed E-state index contributed by atoms with van der Waals surface area (Å²) >= 11 is 0. The van der Waals surface area contributed by atoms with Gasteiger partial charge in [0.25, 0.3) is 0 Å². The molecule has 108 valence electrons. The lowest BCUT2D eigenvalue weighted by Crippen LogP contribution is -2.12. The Morgan fingerprint density at radius 3 is 2.76 bits per heavy atom. The highest BCUT2D eigenvalue weighted by Crippen LogP contribution is 2.30. The molecule has 0 aliphatic rings. The molecule has 0 aliphatic carbocycles. The fourth-order valence-electron chi connectivity index (χ4n) is 2.47. The zero-order chi connectivity index (χ0) is 14.8. The van der Waals surface area contributed by atoms with Crippen molar-refractivity contribution < 1.29 is 8.81 Å². The van der Waals surface area contributed by atoms with Gasteiger partial charge in [0.05, 0.1) is 0 Å². The predicted molar refractivity (Wildman–Crippen MR) is 83.7 cm³/mol. The fraction of sp³-hybridized carbons (Fsp3) is 0.222. The molecule has 0 unspecified atom stereocenters. The monoisotopic (exact) mass is 283 g/mol. The summed E-state index contributed by atoms with van der Waals surface area (Å²) in [7, 11) is 0. The summed E-state index contributed by atoms with van der Waals surface area (Å²) in [5.41, 5.74) is 3.56. The van der Waals surface area contributed by atoms with Crippen molar-refractivity contribution >= 4 is 11.0 Å². The van der Waals surface area contributed by atoms with E-state index in [-0.39, 0.29) is 5.82 Å². The first-order chi connectivity index (χ1) is 10.2. The highest BCUT2D eigenvalue weighted by atomic mass is 19.1. The van der Waals surface area contributed by atoms with E-state index in [1.807, 2.05) is 44.2 Å². The number of para-hydroxylation sites is 1. The van der Waals surface area contributed by atoms with Gasteiger partial charge in [-0.05, 0) is 43.3 Å². The molecule has 2 nitrogen and oxygen atoms in total. The molecule has 0 radical (unpaired) electrons. The first-order valence-electron chi connectivity index (χ1n) is 7.17. The zero-order valence-electron chi connectivity index (χ0n) is 12.2. The second-order valence-electron chi connectivity index (χ2n) is 5.19. The Morgan fingerprint density at radius 2 is 2.00 bits per heavy atom. The summed E-state index contributed by atoms with van der Waals surface area (Å²) in [6.07, 6.45) is 0. The number of hydrogen-bond donors (Lipinski definition) is 1. The highest BCUT2D eigenvalue weighted by Gasteiger charge is 2.10. The Kier molecular flexibility index (Phi) is 3.76. The van der Waals surface area contributed by atoms with Gasteiger partial charge in [0, 0.05) is 23.1 Å².